The van der Waals surface area contributed by atoms with Crippen molar-refractivity contribution in [3.05, 3.63) is 42.1 Å². The van der Waals surface area contributed by atoms with E-state index in [0.717, 1.165) is 17.3 Å². The van der Waals surface area contributed by atoms with Gasteiger partial charge < -0.3 is 5.32 Å². The maximum absolute atomic E-state index is 11.9. The summed E-state index contributed by atoms with van der Waals surface area (Å²) in [6.07, 6.45) is 2.68. The molecule has 0 aliphatic rings. The highest BCUT2D eigenvalue weighted by Crippen LogP contribution is 2.13. The molecule has 2 rings (SSSR count). The number of rotatable bonds is 3. The maximum atomic E-state index is 11.9. The quantitative estimate of drug-likeness (QED) is 0.877. The van der Waals surface area contributed by atoms with Crippen LogP contribution >= 0.6 is 0 Å². The van der Waals surface area contributed by atoms with Gasteiger partial charge in [0.2, 0.25) is 0 Å². The molecular formula is C14H16N2O. The first-order chi connectivity index (χ1) is 8.20. The molecule has 0 radical (unpaired) electrons. The first-order valence-electron chi connectivity index (χ1n) is 5.86. The predicted octanol–water partition coefficient (Wildman–Crippen LogP) is 2.76. The number of pyridine rings is 1. The highest BCUT2D eigenvalue weighted by molar-refractivity contribution is 5.98. The van der Waals surface area contributed by atoms with E-state index in [1.165, 1.54) is 0 Å². The van der Waals surface area contributed by atoms with Crippen LogP contribution in [0.2, 0.25) is 0 Å². The van der Waals surface area contributed by atoms with E-state index in [1.54, 1.807) is 6.20 Å². The van der Waals surface area contributed by atoms with Gasteiger partial charge in [-0.15, -0.1) is 0 Å². The number of aromatic nitrogens is 1. The van der Waals surface area contributed by atoms with Gasteiger partial charge in [0.1, 0.15) is 0 Å². The van der Waals surface area contributed by atoms with Gasteiger partial charge in [-0.3, -0.25) is 9.78 Å². The molecule has 0 aliphatic heterocycles. The molecule has 0 bridgehead atoms. The summed E-state index contributed by atoms with van der Waals surface area (Å²) in [5.74, 6) is -0.0231. The number of nitrogens with zero attached hydrogens (tertiary/aromatic N) is 1. The van der Waals surface area contributed by atoms with Crippen LogP contribution in [0.1, 0.15) is 30.6 Å². The number of hydrogen-bond acceptors (Lipinski definition) is 2. The summed E-state index contributed by atoms with van der Waals surface area (Å²) in [6.45, 7) is 4.05. The number of fused-ring (bicyclic) bond motifs is 1. The molecule has 88 valence electrons. The molecule has 2 aromatic rings. The molecule has 1 aromatic heterocycles. The van der Waals surface area contributed by atoms with Crippen LogP contribution in [0.15, 0.2) is 36.5 Å². The monoisotopic (exact) mass is 228 g/mol. The molecule has 1 N–H and O–H groups in total. The van der Waals surface area contributed by atoms with E-state index < -0.39 is 0 Å². The van der Waals surface area contributed by atoms with Gasteiger partial charge in [0.25, 0.3) is 5.91 Å². The van der Waals surface area contributed by atoms with Crippen molar-refractivity contribution in [1.29, 1.82) is 0 Å². The summed E-state index contributed by atoms with van der Waals surface area (Å²) >= 11 is 0. The van der Waals surface area contributed by atoms with Crippen LogP contribution in [0.5, 0.6) is 0 Å². The molecule has 0 spiro atoms. The molecule has 1 aromatic carbocycles. The second-order valence-electron chi connectivity index (χ2n) is 4.19. The lowest BCUT2D eigenvalue weighted by Gasteiger charge is -2.11. The molecule has 1 heterocycles. The lowest BCUT2D eigenvalue weighted by Crippen LogP contribution is -2.31. The van der Waals surface area contributed by atoms with Crippen molar-refractivity contribution in [3.63, 3.8) is 0 Å². The Kier molecular flexibility index (Phi) is 3.38. The Hall–Kier alpha value is -1.90. The molecule has 0 aliphatic carbocycles. The standard InChI is InChI=1S/C14H16N2O/c1-3-10(2)16-14(17)12-6-7-13-11(9-12)5-4-8-15-13/h4-10H,3H2,1-2H3,(H,16,17). The Labute approximate surface area is 101 Å². The van der Waals surface area contributed by atoms with E-state index in [0.29, 0.717) is 5.56 Å². The zero-order chi connectivity index (χ0) is 12.3. The second-order valence-corrected chi connectivity index (χ2v) is 4.19. The minimum atomic E-state index is -0.0231. The summed E-state index contributed by atoms with van der Waals surface area (Å²) in [4.78, 5) is 16.2. The van der Waals surface area contributed by atoms with Crippen molar-refractivity contribution < 1.29 is 4.79 Å². The summed E-state index contributed by atoms with van der Waals surface area (Å²) < 4.78 is 0. The molecule has 0 saturated carbocycles. The van der Waals surface area contributed by atoms with Crippen molar-refractivity contribution in [2.45, 2.75) is 26.3 Å². The van der Waals surface area contributed by atoms with Crippen molar-refractivity contribution in [2.75, 3.05) is 0 Å². The zero-order valence-corrected chi connectivity index (χ0v) is 10.1. The van der Waals surface area contributed by atoms with E-state index in [9.17, 15) is 4.79 Å². The van der Waals surface area contributed by atoms with E-state index in [2.05, 4.69) is 17.2 Å². The number of benzene rings is 1. The molecule has 3 heteroatoms. The summed E-state index contributed by atoms with van der Waals surface area (Å²) in [5.41, 5.74) is 1.60. The Morgan fingerprint density at radius 3 is 3.00 bits per heavy atom. The third-order valence-corrected chi connectivity index (χ3v) is 2.86. The van der Waals surface area contributed by atoms with E-state index >= 15 is 0 Å². The summed E-state index contributed by atoms with van der Waals surface area (Å²) in [7, 11) is 0. The third kappa shape index (κ3) is 2.61. The fourth-order valence-electron chi connectivity index (χ4n) is 1.63. The van der Waals surface area contributed by atoms with Crippen LogP contribution in [-0.4, -0.2) is 16.9 Å². The Balaban J connectivity index is 2.27. The Bertz CT molecular complexity index is 536. The average Bonchev–Trinajstić information content (AvgIpc) is 2.38. The van der Waals surface area contributed by atoms with Gasteiger partial charge in [0.15, 0.2) is 0 Å². The lowest BCUT2D eigenvalue weighted by molar-refractivity contribution is 0.0939. The molecule has 17 heavy (non-hydrogen) atoms. The molecule has 1 unspecified atom stereocenters. The van der Waals surface area contributed by atoms with Crippen LogP contribution in [-0.2, 0) is 0 Å². The third-order valence-electron chi connectivity index (χ3n) is 2.86. The van der Waals surface area contributed by atoms with Crippen molar-refractivity contribution >= 4 is 16.8 Å². The summed E-state index contributed by atoms with van der Waals surface area (Å²) in [6, 6.07) is 9.60. The topological polar surface area (TPSA) is 42.0 Å². The average molecular weight is 228 g/mol. The van der Waals surface area contributed by atoms with E-state index in [-0.39, 0.29) is 11.9 Å². The van der Waals surface area contributed by atoms with Gasteiger partial charge in [-0.1, -0.05) is 13.0 Å². The van der Waals surface area contributed by atoms with Crippen LogP contribution in [0.25, 0.3) is 10.9 Å². The number of amides is 1. The first kappa shape index (κ1) is 11.6. The van der Waals surface area contributed by atoms with Crippen LogP contribution in [0, 0.1) is 0 Å². The smallest absolute Gasteiger partial charge is 0.251 e. The number of carbonyl (C=O) groups excluding carboxylic acids is 1. The first-order valence-corrected chi connectivity index (χ1v) is 5.86. The van der Waals surface area contributed by atoms with Gasteiger partial charge >= 0.3 is 0 Å². The highest BCUT2D eigenvalue weighted by Gasteiger charge is 2.08. The van der Waals surface area contributed by atoms with Crippen molar-refractivity contribution in [2.24, 2.45) is 0 Å². The van der Waals surface area contributed by atoms with Crippen molar-refractivity contribution in [3.8, 4) is 0 Å². The fourth-order valence-corrected chi connectivity index (χ4v) is 1.63. The highest BCUT2D eigenvalue weighted by atomic mass is 16.1. The number of nitrogens with one attached hydrogen (secondary N) is 1. The lowest BCUT2D eigenvalue weighted by atomic mass is 10.1. The normalized spacial score (nSPS) is 12.4. The summed E-state index contributed by atoms with van der Waals surface area (Å²) in [5, 5.41) is 3.94. The molecule has 3 nitrogen and oxygen atoms in total. The van der Waals surface area contributed by atoms with E-state index in [4.69, 9.17) is 0 Å². The number of hydrogen-bond donors (Lipinski definition) is 1. The minimum absolute atomic E-state index is 0.0231. The Morgan fingerprint density at radius 2 is 2.24 bits per heavy atom. The van der Waals surface area contributed by atoms with Gasteiger partial charge in [0.05, 0.1) is 5.52 Å². The van der Waals surface area contributed by atoms with Crippen molar-refractivity contribution in [1.82, 2.24) is 10.3 Å². The van der Waals surface area contributed by atoms with Gasteiger partial charge in [-0.25, -0.2) is 0 Å². The van der Waals surface area contributed by atoms with Gasteiger partial charge in [0, 0.05) is 23.2 Å². The molecular weight excluding hydrogens is 212 g/mol. The second kappa shape index (κ2) is 4.95. The SMILES string of the molecule is CCC(C)NC(=O)c1ccc2ncccc2c1. The molecule has 0 fully saturated rings. The molecule has 1 atom stereocenters. The van der Waals surface area contributed by atoms with Gasteiger partial charge in [-0.05, 0) is 37.6 Å². The fraction of sp³-hybridized carbons (Fsp3) is 0.286. The van der Waals surface area contributed by atoms with Gasteiger partial charge in [-0.2, -0.15) is 0 Å². The Morgan fingerprint density at radius 1 is 1.41 bits per heavy atom. The largest absolute Gasteiger partial charge is 0.350 e. The molecule has 1 amide bonds. The number of carbonyl (C=O) groups is 1. The predicted molar refractivity (Wildman–Crippen MR) is 69.0 cm³/mol. The zero-order valence-electron chi connectivity index (χ0n) is 10.1. The minimum Gasteiger partial charge on any atom is -0.350 e. The molecule has 0 saturated heterocycles. The van der Waals surface area contributed by atoms with Crippen LogP contribution in [0.3, 0.4) is 0 Å². The maximum Gasteiger partial charge on any atom is 0.251 e. The van der Waals surface area contributed by atoms with E-state index in [1.807, 2.05) is 37.3 Å². The van der Waals surface area contributed by atoms with Crippen LogP contribution < -0.4 is 5.32 Å². The van der Waals surface area contributed by atoms with Crippen LogP contribution in [0.4, 0.5) is 0 Å².